The van der Waals surface area contributed by atoms with Crippen LogP contribution in [0.25, 0.3) is 0 Å². The summed E-state index contributed by atoms with van der Waals surface area (Å²) in [7, 11) is 0. The molecule has 1 saturated heterocycles. The molecule has 104 valence electrons. The fourth-order valence-corrected chi connectivity index (χ4v) is 2.61. The zero-order chi connectivity index (χ0) is 12.8. The lowest BCUT2D eigenvalue weighted by Crippen LogP contribution is -2.45. The van der Waals surface area contributed by atoms with E-state index in [1.165, 1.54) is 0 Å². The van der Waals surface area contributed by atoms with E-state index in [0.717, 1.165) is 51.9 Å². The van der Waals surface area contributed by atoms with E-state index in [9.17, 15) is 4.79 Å². The van der Waals surface area contributed by atoms with Gasteiger partial charge in [-0.25, -0.2) is 0 Å². The van der Waals surface area contributed by atoms with Gasteiger partial charge in [-0.1, -0.05) is 6.92 Å². The molecule has 18 heavy (non-hydrogen) atoms. The van der Waals surface area contributed by atoms with Gasteiger partial charge in [-0.2, -0.15) is 0 Å². The van der Waals surface area contributed by atoms with E-state index in [1.54, 1.807) is 0 Å². The van der Waals surface area contributed by atoms with Gasteiger partial charge >= 0.3 is 0 Å². The van der Waals surface area contributed by atoms with Crippen molar-refractivity contribution in [3.8, 4) is 0 Å². The summed E-state index contributed by atoms with van der Waals surface area (Å²) >= 11 is 0. The van der Waals surface area contributed by atoms with E-state index in [1.807, 2.05) is 0 Å². The standard InChI is InChI=1S/C13H24N2O3/c1-2-7-14-12(16)10-15-11-3-5-13(6-4-11)17-8-9-18-13/h11,15H,2-10H2,1H3,(H,14,16). The molecule has 2 rings (SSSR count). The molecule has 1 aliphatic heterocycles. The number of ether oxygens (including phenoxy) is 2. The van der Waals surface area contributed by atoms with E-state index >= 15 is 0 Å². The van der Waals surface area contributed by atoms with Crippen molar-refractivity contribution in [2.24, 2.45) is 0 Å². The lowest BCUT2D eigenvalue weighted by molar-refractivity contribution is -0.179. The van der Waals surface area contributed by atoms with E-state index in [2.05, 4.69) is 17.6 Å². The Morgan fingerprint density at radius 3 is 2.56 bits per heavy atom. The average molecular weight is 256 g/mol. The molecule has 1 amide bonds. The zero-order valence-electron chi connectivity index (χ0n) is 11.2. The van der Waals surface area contributed by atoms with E-state index in [0.29, 0.717) is 12.6 Å². The molecule has 5 heteroatoms. The highest BCUT2D eigenvalue weighted by molar-refractivity contribution is 5.77. The van der Waals surface area contributed by atoms with Crippen LogP contribution < -0.4 is 10.6 Å². The van der Waals surface area contributed by atoms with Gasteiger partial charge in [-0.15, -0.1) is 0 Å². The summed E-state index contributed by atoms with van der Waals surface area (Å²) in [6.07, 6.45) is 4.87. The third-order valence-corrected chi connectivity index (χ3v) is 3.68. The summed E-state index contributed by atoms with van der Waals surface area (Å²) in [6.45, 7) is 4.67. The van der Waals surface area contributed by atoms with E-state index < -0.39 is 0 Å². The Kier molecular flexibility index (Phi) is 4.97. The van der Waals surface area contributed by atoms with Crippen LogP contribution in [0, 0.1) is 0 Å². The molecule has 0 aromatic heterocycles. The Morgan fingerprint density at radius 1 is 1.28 bits per heavy atom. The van der Waals surface area contributed by atoms with Crippen molar-refractivity contribution in [2.45, 2.75) is 50.9 Å². The molecule has 2 N–H and O–H groups in total. The molecule has 5 nitrogen and oxygen atoms in total. The smallest absolute Gasteiger partial charge is 0.233 e. The SMILES string of the molecule is CCCNC(=O)CNC1CCC2(CC1)OCCO2. The van der Waals surface area contributed by atoms with Crippen LogP contribution in [0.3, 0.4) is 0 Å². The predicted octanol–water partition coefficient (Wildman–Crippen LogP) is 0.788. The molecule has 0 aromatic carbocycles. The highest BCUT2D eigenvalue weighted by Gasteiger charge is 2.40. The lowest BCUT2D eigenvalue weighted by atomic mass is 9.90. The number of amides is 1. The maximum atomic E-state index is 11.5. The number of carbonyl (C=O) groups is 1. The molecule has 1 spiro atoms. The number of nitrogens with one attached hydrogen (secondary N) is 2. The number of rotatable bonds is 5. The molecule has 0 aromatic rings. The molecule has 0 unspecified atom stereocenters. The second kappa shape index (κ2) is 6.50. The molecule has 0 radical (unpaired) electrons. The Balaban J connectivity index is 1.63. The first-order valence-electron chi connectivity index (χ1n) is 7.02. The Morgan fingerprint density at radius 2 is 1.94 bits per heavy atom. The first-order valence-corrected chi connectivity index (χ1v) is 7.02. The van der Waals surface area contributed by atoms with Gasteiger partial charge in [0.2, 0.25) is 5.91 Å². The second-order valence-corrected chi connectivity index (χ2v) is 5.11. The Labute approximate surface area is 109 Å². The third kappa shape index (κ3) is 3.67. The van der Waals surface area contributed by atoms with Gasteiger partial charge < -0.3 is 20.1 Å². The largest absolute Gasteiger partial charge is 0.355 e. The van der Waals surface area contributed by atoms with Crippen LogP contribution in [0.4, 0.5) is 0 Å². The first-order chi connectivity index (χ1) is 8.74. The highest BCUT2D eigenvalue weighted by Crippen LogP contribution is 2.35. The maximum absolute atomic E-state index is 11.5. The van der Waals surface area contributed by atoms with E-state index in [4.69, 9.17) is 9.47 Å². The van der Waals surface area contributed by atoms with Gasteiger partial charge in [0, 0.05) is 25.4 Å². The minimum Gasteiger partial charge on any atom is -0.355 e. The van der Waals surface area contributed by atoms with Crippen molar-refractivity contribution in [2.75, 3.05) is 26.3 Å². The number of hydrogen-bond donors (Lipinski definition) is 2. The van der Waals surface area contributed by atoms with Gasteiger partial charge in [0.25, 0.3) is 0 Å². The van der Waals surface area contributed by atoms with Gasteiger partial charge in [-0.05, 0) is 19.3 Å². The topological polar surface area (TPSA) is 59.6 Å². The van der Waals surface area contributed by atoms with Crippen molar-refractivity contribution < 1.29 is 14.3 Å². The third-order valence-electron chi connectivity index (χ3n) is 3.68. The molecule has 0 atom stereocenters. The van der Waals surface area contributed by atoms with Gasteiger partial charge in [0.05, 0.1) is 19.8 Å². The molecule has 0 bridgehead atoms. The highest BCUT2D eigenvalue weighted by atomic mass is 16.7. The van der Waals surface area contributed by atoms with Crippen LogP contribution in [-0.2, 0) is 14.3 Å². The van der Waals surface area contributed by atoms with Crippen LogP contribution in [-0.4, -0.2) is 44.0 Å². The fourth-order valence-electron chi connectivity index (χ4n) is 2.61. The number of carbonyl (C=O) groups excluding carboxylic acids is 1. The number of hydrogen-bond acceptors (Lipinski definition) is 4. The monoisotopic (exact) mass is 256 g/mol. The lowest BCUT2D eigenvalue weighted by Gasteiger charge is -2.35. The molecular formula is C13H24N2O3. The minimum absolute atomic E-state index is 0.0884. The van der Waals surface area contributed by atoms with Crippen LogP contribution in [0.1, 0.15) is 39.0 Å². The van der Waals surface area contributed by atoms with Crippen LogP contribution in [0.15, 0.2) is 0 Å². The van der Waals surface area contributed by atoms with Gasteiger partial charge in [0.1, 0.15) is 0 Å². The Hall–Kier alpha value is -0.650. The summed E-state index contributed by atoms with van der Waals surface area (Å²) < 4.78 is 11.4. The summed E-state index contributed by atoms with van der Waals surface area (Å²) in [6, 6.07) is 0.413. The minimum atomic E-state index is -0.303. The maximum Gasteiger partial charge on any atom is 0.233 e. The first kappa shape index (κ1) is 13.8. The van der Waals surface area contributed by atoms with Crippen molar-refractivity contribution >= 4 is 5.91 Å². The summed E-state index contributed by atoms with van der Waals surface area (Å²) in [5.41, 5.74) is 0. The van der Waals surface area contributed by atoms with Crippen molar-refractivity contribution in [1.82, 2.24) is 10.6 Å². The van der Waals surface area contributed by atoms with Crippen molar-refractivity contribution in [3.05, 3.63) is 0 Å². The molecule has 1 aliphatic carbocycles. The Bertz CT molecular complexity index is 267. The van der Waals surface area contributed by atoms with Gasteiger partial charge in [-0.3, -0.25) is 4.79 Å². The summed E-state index contributed by atoms with van der Waals surface area (Å²) in [5, 5.41) is 6.18. The van der Waals surface area contributed by atoms with Crippen molar-refractivity contribution in [1.29, 1.82) is 0 Å². The summed E-state index contributed by atoms with van der Waals surface area (Å²) in [4.78, 5) is 11.5. The van der Waals surface area contributed by atoms with Crippen LogP contribution in [0.2, 0.25) is 0 Å². The van der Waals surface area contributed by atoms with Crippen molar-refractivity contribution in [3.63, 3.8) is 0 Å². The molecular weight excluding hydrogens is 232 g/mol. The molecule has 2 fully saturated rings. The van der Waals surface area contributed by atoms with Gasteiger partial charge in [0.15, 0.2) is 5.79 Å². The normalized spacial score (nSPS) is 23.4. The predicted molar refractivity (Wildman–Crippen MR) is 68.2 cm³/mol. The molecule has 1 heterocycles. The zero-order valence-corrected chi connectivity index (χ0v) is 11.2. The average Bonchev–Trinajstić information content (AvgIpc) is 2.84. The van der Waals surface area contributed by atoms with Crippen LogP contribution in [0.5, 0.6) is 0 Å². The fraction of sp³-hybridized carbons (Fsp3) is 0.923. The van der Waals surface area contributed by atoms with E-state index in [-0.39, 0.29) is 11.7 Å². The van der Waals surface area contributed by atoms with Crippen LogP contribution >= 0.6 is 0 Å². The summed E-state index contributed by atoms with van der Waals surface area (Å²) in [5.74, 6) is -0.214. The molecule has 2 aliphatic rings. The molecule has 1 saturated carbocycles. The quantitative estimate of drug-likeness (QED) is 0.763. The second-order valence-electron chi connectivity index (χ2n) is 5.11.